The first kappa shape index (κ1) is 16.1. The average molecular weight is 314 g/mol. The highest BCUT2D eigenvalue weighted by molar-refractivity contribution is 7.89. The number of anilines is 1. The summed E-state index contributed by atoms with van der Waals surface area (Å²) in [6, 6.07) is 6.86. The number of hydrogen-bond acceptors (Lipinski definition) is 5. The monoisotopic (exact) mass is 314 g/mol. The second-order valence-corrected chi connectivity index (χ2v) is 7.27. The summed E-state index contributed by atoms with van der Waals surface area (Å²) in [5.74, 6) is 0.455. The van der Waals surface area contributed by atoms with Crippen molar-refractivity contribution in [3.05, 3.63) is 24.3 Å². The summed E-state index contributed by atoms with van der Waals surface area (Å²) in [4.78, 5) is 0. The molecule has 0 heterocycles. The smallest absolute Gasteiger partial charge is 0.214 e. The number of nitrogen functional groups attached to an aromatic ring is 1. The molecule has 1 aromatic rings. The summed E-state index contributed by atoms with van der Waals surface area (Å²) in [5.41, 5.74) is 6.19. The van der Waals surface area contributed by atoms with Crippen LogP contribution in [0.3, 0.4) is 0 Å². The van der Waals surface area contributed by atoms with Crippen molar-refractivity contribution in [2.24, 2.45) is 5.92 Å². The van der Waals surface area contributed by atoms with Crippen LogP contribution in [0.15, 0.2) is 24.3 Å². The highest BCUT2D eigenvalue weighted by atomic mass is 32.2. The molecule has 1 saturated carbocycles. The van der Waals surface area contributed by atoms with Crippen molar-refractivity contribution < 1.29 is 18.3 Å². The number of nitrogens with one attached hydrogen (secondary N) is 1. The van der Waals surface area contributed by atoms with Crippen molar-refractivity contribution in [2.45, 2.75) is 25.4 Å². The van der Waals surface area contributed by atoms with Crippen LogP contribution < -0.4 is 15.2 Å². The second-order valence-electron chi connectivity index (χ2n) is 5.35. The zero-order valence-electron chi connectivity index (χ0n) is 11.9. The Labute approximate surface area is 125 Å². The van der Waals surface area contributed by atoms with E-state index >= 15 is 0 Å². The van der Waals surface area contributed by atoms with Gasteiger partial charge in [-0.3, -0.25) is 0 Å². The topological polar surface area (TPSA) is 102 Å². The van der Waals surface area contributed by atoms with Crippen molar-refractivity contribution >= 4 is 15.7 Å². The molecule has 0 radical (unpaired) electrons. The number of benzene rings is 1. The first-order chi connectivity index (χ1) is 9.96. The van der Waals surface area contributed by atoms with E-state index in [4.69, 9.17) is 10.5 Å². The molecule has 0 bridgehead atoms. The van der Waals surface area contributed by atoms with Crippen LogP contribution >= 0.6 is 0 Å². The predicted molar refractivity (Wildman–Crippen MR) is 81.5 cm³/mol. The molecule has 0 aliphatic heterocycles. The Kier molecular flexibility index (Phi) is 5.44. The third-order valence-electron chi connectivity index (χ3n) is 3.66. The lowest BCUT2D eigenvalue weighted by molar-refractivity contribution is 0.134. The summed E-state index contributed by atoms with van der Waals surface area (Å²) in [6.07, 6.45) is 2.18. The SMILES string of the molecule is Nc1cccc(OCCS(=O)(=O)NCC2CCCC2O)c1. The van der Waals surface area contributed by atoms with Gasteiger partial charge in [0, 0.05) is 18.3 Å². The van der Waals surface area contributed by atoms with Crippen molar-refractivity contribution in [3.8, 4) is 5.75 Å². The fourth-order valence-electron chi connectivity index (χ4n) is 2.44. The normalized spacial score (nSPS) is 22.3. The van der Waals surface area contributed by atoms with E-state index in [2.05, 4.69) is 4.72 Å². The minimum Gasteiger partial charge on any atom is -0.492 e. The molecule has 0 amide bonds. The van der Waals surface area contributed by atoms with Gasteiger partial charge in [0.1, 0.15) is 12.4 Å². The minimum atomic E-state index is -3.39. The molecular formula is C14H22N2O4S. The Balaban J connectivity index is 1.73. The van der Waals surface area contributed by atoms with E-state index in [1.807, 2.05) is 0 Å². The zero-order valence-corrected chi connectivity index (χ0v) is 12.7. The quantitative estimate of drug-likeness (QED) is 0.644. The third-order valence-corrected chi connectivity index (χ3v) is 4.97. The lowest BCUT2D eigenvalue weighted by Gasteiger charge is -2.15. The molecule has 0 saturated heterocycles. The Morgan fingerprint density at radius 3 is 2.86 bits per heavy atom. The van der Waals surface area contributed by atoms with E-state index in [0.29, 0.717) is 18.0 Å². The maximum atomic E-state index is 11.9. The molecule has 6 nitrogen and oxygen atoms in total. The van der Waals surface area contributed by atoms with Gasteiger partial charge in [-0.1, -0.05) is 12.5 Å². The number of sulfonamides is 1. The summed E-state index contributed by atoms with van der Waals surface area (Å²) in [6.45, 7) is 0.355. The van der Waals surface area contributed by atoms with Gasteiger partial charge in [0.15, 0.2) is 0 Å². The maximum absolute atomic E-state index is 11.9. The van der Waals surface area contributed by atoms with E-state index in [1.54, 1.807) is 24.3 Å². The molecule has 1 aliphatic rings. The van der Waals surface area contributed by atoms with Crippen LogP contribution in [0.4, 0.5) is 5.69 Å². The molecule has 0 aromatic heterocycles. The fourth-order valence-corrected chi connectivity index (χ4v) is 3.35. The molecule has 21 heavy (non-hydrogen) atoms. The van der Waals surface area contributed by atoms with E-state index < -0.39 is 16.1 Å². The zero-order chi connectivity index (χ0) is 15.3. The lowest BCUT2D eigenvalue weighted by Crippen LogP contribution is -2.35. The largest absolute Gasteiger partial charge is 0.492 e. The number of ether oxygens (including phenoxy) is 1. The molecule has 118 valence electrons. The number of rotatable bonds is 7. The van der Waals surface area contributed by atoms with Crippen LogP contribution in [-0.2, 0) is 10.0 Å². The molecule has 2 rings (SSSR count). The van der Waals surface area contributed by atoms with Gasteiger partial charge < -0.3 is 15.6 Å². The Bertz CT molecular complexity index is 562. The third kappa shape index (κ3) is 5.18. The molecule has 1 aliphatic carbocycles. The Morgan fingerprint density at radius 2 is 2.19 bits per heavy atom. The highest BCUT2D eigenvalue weighted by Gasteiger charge is 2.26. The van der Waals surface area contributed by atoms with Gasteiger partial charge in [0.2, 0.25) is 10.0 Å². The highest BCUT2D eigenvalue weighted by Crippen LogP contribution is 2.24. The first-order valence-electron chi connectivity index (χ1n) is 7.10. The van der Waals surface area contributed by atoms with Crippen molar-refractivity contribution in [3.63, 3.8) is 0 Å². The van der Waals surface area contributed by atoms with Gasteiger partial charge in [0.05, 0.1) is 11.9 Å². The maximum Gasteiger partial charge on any atom is 0.214 e. The molecule has 1 aromatic carbocycles. The Morgan fingerprint density at radius 1 is 1.38 bits per heavy atom. The van der Waals surface area contributed by atoms with E-state index in [-0.39, 0.29) is 18.3 Å². The van der Waals surface area contributed by atoms with Gasteiger partial charge in [-0.25, -0.2) is 13.1 Å². The van der Waals surface area contributed by atoms with E-state index in [0.717, 1.165) is 19.3 Å². The van der Waals surface area contributed by atoms with Crippen LogP contribution in [0, 0.1) is 5.92 Å². The molecule has 7 heteroatoms. The van der Waals surface area contributed by atoms with Crippen LogP contribution in [0.5, 0.6) is 5.75 Å². The molecule has 0 spiro atoms. The first-order valence-corrected chi connectivity index (χ1v) is 8.75. The molecule has 4 N–H and O–H groups in total. The van der Waals surface area contributed by atoms with Gasteiger partial charge in [-0.05, 0) is 30.9 Å². The summed E-state index contributed by atoms with van der Waals surface area (Å²) in [5, 5.41) is 9.67. The number of hydrogen-bond donors (Lipinski definition) is 3. The van der Waals surface area contributed by atoms with Gasteiger partial charge in [0.25, 0.3) is 0 Å². The molecule has 2 unspecified atom stereocenters. The minimum absolute atomic E-state index is 0.0228. The molecule has 1 fully saturated rings. The number of aliphatic hydroxyl groups excluding tert-OH is 1. The number of aliphatic hydroxyl groups is 1. The van der Waals surface area contributed by atoms with Crippen molar-refractivity contribution in [1.82, 2.24) is 4.72 Å². The fraction of sp³-hybridized carbons (Fsp3) is 0.571. The van der Waals surface area contributed by atoms with Gasteiger partial charge in [-0.2, -0.15) is 0 Å². The van der Waals surface area contributed by atoms with Crippen LogP contribution in [-0.4, -0.2) is 38.5 Å². The summed E-state index contributed by atoms with van der Waals surface area (Å²) < 4.78 is 31.6. The molecule has 2 atom stereocenters. The van der Waals surface area contributed by atoms with Gasteiger partial charge >= 0.3 is 0 Å². The second kappa shape index (κ2) is 7.11. The van der Waals surface area contributed by atoms with Crippen LogP contribution in [0.25, 0.3) is 0 Å². The van der Waals surface area contributed by atoms with E-state index in [1.165, 1.54) is 0 Å². The standard InChI is InChI=1S/C14H22N2O4S/c15-12-4-2-5-13(9-12)20-7-8-21(18,19)16-10-11-3-1-6-14(11)17/h2,4-5,9,11,14,16-17H,1,3,6-8,10,15H2. The summed E-state index contributed by atoms with van der Waals surface area (Å²) in [7, 11) is -3.39. The van der Waals surface area contributed by atoms with E-state index in [9.17, 15) is 13.5 Å². The Hall–Kier alpha value is -1.31. The number of nitrogens with two attached hydrogens (primary N) is 1. The predicted octanol–water partition coefficient (Wildman–Crippen LogP) is 0.728. The van der Waals surface area contributed by atoms with Crippen LogP contribution in [0.2, 0.25) is 0 Å². The van der Waals surface area contributed by atoms with Crippen molar-refractivity contribution in [1.29, 1.82) is 0 Å². The summed E-state index contributed by atoms with van der Waals surface area (Å²) >= 11 is 0. The van der Waals surface area contributed by atoms with Gasteiger partial charge in [-0.15, -0.1) is 0 Å². The average Bonchev–Trinajstić information content (AvgIpc) is 2.82. The van der Waals surface area contributed by atoms with Crippen LogP contribution in [0.1, 0.15) is 19.3 Å². The lowest BCUT2D eigenvalue weighted by atomic mass is 10.1. The van der Waals surface area contributed by atoms with Crippen molar-refractivity contribution in [2.75, 3.05) is 24.6 Å². The molecular weight excluding hydrogens is 292 g/mol.